The second kappa shape index (κ2) is 5.80. The number of hydrogen-bond donors (Lipinski definition) is 2. The Kier molecular flexibility index (Phi) is 4.66. The summed E-state index contributed by atoms with van der Waals surface area (Å²) in [7, 11) is 3.87. The van der Waals surface area contributed by atoms with Crippen molar-refractivity contribution in [2.45, 2.75) is 25.4 Å². The summed E-state index contributed by atoms with van der Waals surface area (Å²) >= 11 is 0. The molecule has 0 saturated carbocycles. The lowest BCUT2D eigenvalue weighted by molar-refractivity contribution is -0.139. The summed E-state index contributed by atoms with van der Waals surface area (Å²) in [6.07, 6.45) is 0.410. The molecule has 0 spiro atoms. The van der Waals surface area contributed by atoms with E-state index in [-0.39, 0.29) is 6.04 Å². The molecule has 0 bridgehead atoms. The zero-order valence-electron chi connectivity index (χ0n) is 10.6. The second-order valence-corrected chi connectivity index (χ2v) is 4.52. The van der Waals surface area contributed by atoms with Gasteiger partial charge in [0.1, 0.15) is 6.04 Å². The zero-order valence-corrected chi connectivity index (χ0v) is 10.6. The average Bonchev–Trinajstić information content (AvgIpc) is 2.26. The smallest absolute Gasteiger partial charge is 0.320 e. The SMILES string of the molecule is Cc1ccccc1C(CC(N)C(=O)O)N(C)C. The van der Waals surface area contributed by atoms with E-state index in [2.05, 4.69) is 0 Å². The van der Waals surface area contributed by atoms with E-state index < -0.39 is 12.0 Å². The highest BCUT2D eigenvalue weighted by Gasteiger charge is 2.22. The van der Waals surface area contributed by atoms with Gasteiger partial charge in [0.05, 0.1) is 0 Å². The number of rotatable bonds is 5. The third kappa shape index (κ3) is 3.54. The standard InChI is InChI=1S/C13H20N2O2/c1-9-6-4-5-7-10(9)12(15(2)3)8-11(14)13(16)17/h4-7,11-12H,8,14H2,1-3H3,(H,16,17). The first kappa shape index (κ1) is 13.7. The summed E-state index contributed by atoms with van der Waals surface area (Å²) in [5, 5.41) is 8.89. The molecule has 0 radical (unpaired) electrons. The maximum atomic E-state index is 10.8. The molecule has 94 valence electrons. The average molecular weight is 236 g/mol. The fourth-order valence-corrected chi connectivity index (χ4v) is 1.92. The fourth-order valence-electron chi connectivity index (χ4n) is 1.92. The van der Waals surface area contributed by atoms with E-state index in [9.17, 15) is 4.79 Å². The molecule has 3 N–H and O–H groups in total. The number of carboxylic acids is 1. The summed E-state index contributed by atoms with van der Waals surface area (Å²) in [5.41, 5.74) is 7.91. The first-order valence-corrected chi connectivity index (χ1v) is 5.63. The molecular formula is C13H20N2O2. The zero-order chi connectivity index (χ0) is 13.0. The van der Waals surface area contributed by atoms with E-state index in [0.29, 0.717) is 6.42 Å². The molecule has 0 saturated heterocycles. The van der Waals surface area contributed by atoms with Crippen molar-refractivity contribution in [1.82, 2.24) is 4.90 Å². The molecule has 2 unspecified atom stereocenters. The lowest BCUT2D eigenvalue weighted by Gasteiger charge is -2.27. The van der Waals surface area contributed by atoms with Crippen LogP contribution in [-0.4, -0.2) is 36.1 Å². The van der Waals surface area contributed by atoms with Crippen LogP contribution in [0.1, 0.15) is 23.6 Å². The van der Waals surface area contributed by atoms with E-state index in [1.165, 1.54) is 0 Å². The molecule has 0 aromatic heterocycles. The number of carboxylic acid groups (broad SMARTS) is 1. The van der Waals surface area contributed by atoms with Crippen molar-refractivity contribution in [3.63, 3.8) is 0 Å². The largest absolute Gasteiger partial charge is 0.480 e. The third-order valence-corrected chi connectivity index (χ3v) is 2.97. The monoisotopic (exact) mass is 236 g/mol. The van der Waals surface area contributed by atoms with E-state index in [1.807, 2.05) is 50.2 Å². The van der Waals surface area contributed by atoms with Crippen molar-refractivity contribution in [3.8, 4) is 0 Å². The van der Waals surface area contributed by atoms with Crippen LogP contribution >= 0.6 is 0 Å². The number of nitrogens with zero attached hydrogens (tertiary/aromatic N) is 1. The van der Waals surface area contributed by atoms with E-state index in [0.717, 1.165) is 11.1 Å². The molecule has 4 heteroatoms. The van der Waals surface area contributed by atoms with Crippen LogP contribution in [-0.2, 0) is 4.79 Å². The van der Waals surface area contributed by atoms with Gasteiger partial charge in [-0.1, -0.05) is 24.3 Å². The Morgan fingerprint density at radius 2 is 2.00 bits per heavy atom. The van der Waals surface area contributed by atoms with Gasteiger partial charge in [0.25, 0.3) is 0 Å². The van der Waals surface area contributed by atoms with E-state index in [1.54, 1.807) is 0 Å². The summed E-state index contributed by atoms with van der Waals surface area (Å²) in [4.78, 5) is 12.8. The summed E-state index contributed by atoms with van der Waals surface area (Å²) < 4.78 is 0. The van der Waals surface area contributed by atoms with Crippen molar-refractivity contribution >= 4 is 5.97 Å². The highest BCUT2D eigenvalue weighted by Crippen LogP contribution is 2.25. The molecule has 4 nitrogen and oxygen atoms in total. The molecule has 0 fully saturated rings. The lowest BCUT2D eigenvalue weighted by atomic mass is 9.95. The van der Waals surface area contributed by atoms with Gasteiger partial charge in [0.2, 0.25) is 0 Å². The third-order valence-electron chi connectivity index (χ3n) is 2.97. The van der Waals surface area contributed by atoms with E-state index in [4.69, 9.17) is 10.8 Å². The van der Waals surface area contributed by atoms with Crippen LogP contribution in [0.5, 0.6) is 0 Å². The minimum Gasteiger partial charge on any atom is -0.480 e. The molecule has 2 atom stereocenters. The Morgan fingerprint density at radius 3 is 2.47 bits per heavy atom. The predicted octanol–water partition coefficient (Wildman–Crippen LogP) is 1.40. The molecule has 1 aromatic carbocycles. The molecule has 17 heavy (non-hydrogen) atoms. The van der Waals surface area contributed by atoms with Crippen LogP contribution in [0.4, 0.5) is 0 Å². The molecule has 1 rings (SSSR count). The highest BCUT2D eigenvalue weighted by molar-refractivity contribution is 5.73. The highest BCUT2D eigenvalue weighted by atomic mass is 16.4. The van der Waals surface area contributed by atoms with Crippen molar-refractivity contribution in [2.24, 2.45) is 5.73 Å². The Morgan fingerprint density at radius 1 is 1.41 bits per heavy atom. The summed E-state index contributed by atoms with van der Waals surface area (Å²) in [6, 6.07) is 7.19. The molecule has 0 aliphatic carbocycles. The van der Waals surface area contributed by atoms with Gasteiger partial charge in [-0.25, -0.2) is 0 Å². The van der Waals surface area contributed by atoms with Crippen molar-refractivity contribution in [1.29, 1.82) is 0 Å². The topological polar surface area (TPSA) is 66.6 Å². The minimum atomic E-state index is -0.953. The number of nitrogens with two attached hydrogens (primary N) is 1. The molecule has 0 amide bonds. The summed E-state index contributed by atoms with van der Waals surface area (Å²) in [6.45, 7) is 2.03. The Bertz CT molecular complexity index is 391. The maximum Gasteiger partial charge on any atom is 0.320 e. The predicted molar refractivity (Wildman–Crippen MR) is 67.8 cm³/mol. The molecule has 1 aromatic rings. The number of aliphatic carboxylic acids is 1. The van der Waals surface area contributed by atoms with Gasteiger partial charge in [-0.3, -0.25) is 4.79 Å². The minimum absolute atomic E-state index is 0.0299. The number of carbonyl (C=O) groups is 1. The van der Waals surface area contributed by atoms with Crippen LogP contribution in [0, 0.1) is 6.92 Å². The fraction of sp³-hybridized carbons (Fsp3) is 0.462. The van der Waals surface area contributed by atoms with E-state index >= 15 is 0 Å². The van der Waals surface area contributed by atoms with Gasteiger partial charge in [0, 0.05) is 6.04 Å². The van der Waals surface area contributed by atoms with Crippen molar-refractivity contribution < 1.29 is 9.90 Å². The first-order valence-electron chi connectivity index (χ1n) is 5.63. The molecule has 0 heterocycles. The summed E-state index contributed by atoms with van der Waals surface area (Å²) in [5.74, 6) is -0.953. The van der Waals surface area contributed by atoms with Gasteiger partial charge in [-0.05, 0) is 38.6 Å². The molecular weight excluding hydrogens is 216 g/mol. The Balaban J connectivity index is 2.94. The van der Waals surface area contributed by atoms with Crippen LogP contribution in [0.25, 0.3) is 0 Å². The second-order valence-electron chi connectivity index (χ2n) is 4.52. The van der Waals surface area contributed by atoms with Crippen molar-refractivity contribution in [2.75, 3.05) is 14.1 Å². The first-order chi connectivity index (χ1) is 7.93. The van der Waals surface area contributed by atoms with Gasteiger partial charge in [-0.15, -0.1) is 0 Å². The van der Waals surface area contributed by atoms with Crippen LogP contribution in [0.15, 0.2) is 24.3 Å². The van der Waals surface area contributed by atoms with Gasteiger partial charge in [0.15, 0.2) is 0 Å². The normalized spacial score (nSPS) is 14.6. The van der Waals surface area contributed by atoms with Gasteiger partial charge in [-0.2, -0.15) is 0 Å². The Labute approximate surface area is 102 Å². The Hall–Kier alpha value is -1.39. The number of benzene rings is 1. The van der Waals surface area contributed by atoms with Crippen LogP contribution in [0.2, 0.25) is 0 Å². The van der Waals surface area contributed by atoms with Crippen LogP contribution in [0.3, 0.4) is 0 Å². The molecule has 0 aliphatic rings. The van der Waals surface area contributed by atoms with Gasteiger partial charge >= 0.3 is 5.97 Å². The quantitative estimate of drug-likeness (QED) is 0.811. The van der Waals surface area contributed by atoms with Gasteiger partial charge < -0.3 is 15.7 Å². The number of hydrogen-bond acceptors (Lipinski definition) is 3. The molecule has 0 aliphatic heterocycles. The lowest BCUT2D eigenvalue weighted by Crippen LogP contribution is -2.35. The maximum absolute atomic E-state index is 10.8. The van der Waals surface area contributed by atoms with Crippen LogP contribution < -0.4 is 5.73 Å². The van der Waals surface area contributed by atoms with Crippen molar-refractivity contribution in [3.05, 3.63) is 35.4 Å². The number of aryl methyl sites for hydroxylation is 1.